The number of rotatable bonds is 7. The van der Waals surface area contributed by atoms with Crippen LogP contribution in [0.4, 0.5) is 4.39 Å². The third-order valence-corrected chi connectivity index (χ3v) is 3.81. The summed E-state index contributed by atoms with van der Waals surface area (Å²) in [6.07, 6.45) is 6.18. The zero-order valence-electron chi connectivity index (χ0n) is 11.5. The Morgan fingerprint density at radius 3 is 2.78 bits per heavy atom. The van der Waals surface area contributed by atoms with Crippen LogP contribution in [0.15, 0.2) is 18.2 Å². The predicted octanol–water partition coefficient (Wildman–Crippen LogP) is 3.84. The second-order valence-corrected chi connectivity index (χ2v) is 5.52. The van der Waals surface area contributed by atoms with Crippen molar-refractivity contribution in [1.82, 2.24) is 5.32 Å². The Morgan fingerprint density at radius 1 is 1.39 bits per heavy atom. The SMILES string of the molecule is CCCNC(CCc1ccc(F)c(C)c1)C1CC1. The first-order valence-corrected chi connectivity index (χ1v) is 7.19. The van der Waals surface area contributed by atoms with Crippen molar-refractivity contribution in [2.75, 3.05) is 6.54 Å². The largest absolute Gasteiger partial charge is 0.314 e. The summed E-state index contributed by atoms with van der Waals surface area (Å²) in [5, 5.41) is 3.65. The molecular formula is C16H24FN. The summed E-state index contributed by atoms with van der Waals surface area (Å²) in [7, 11) is 0. The van der Waals surface area contributed by atoms with E-state index in [1.165, 1.54) is 31.2 Å². The first-order chi connectivity index (χ1) is 8.70. The standard InChI is InChI=1S/C16H24FN/c1-3-10-18-16(14-6-7-14)9-5-13-4-8-15(17)12(2)11-13/h4,8,11,14,16,18H,3,5-7,9-10H2,1-2H3. The van der Waals surface area contributed by atoms with Gasteiger partial charge in [0.2, 0.25) is 0 Å². The van der Waals surface area contributed by atoms with Crippen LogP contribution in [0.2, 0.25) is 0 Å². The van der Waals surface area contributed by atoms with Crippen LogP contribution >= 0.6 is 0 Å². The maximum Gasteiger partial charge on any atom is 0.126 e. The quantitative estimate of drug-likeness (QED) is 0.774. The third-order valence-electron chi connectivity index (χ3n) is 3.81. The molecule has 1 N–H and O–H groups in total. The summed E-state index contributed by atoms with van der Waals surface area (Å²) in [4.78, 5) is 0. The number of aryl methyl sites for hydroxylation is 2. The number of hydrogen-bond donors (Lipinski definition) is 1. The predicted molar refractivity (Wildman–Crippen MR) is 74.3 cm³/mol. The second-order valence-electron chi connectivity index (χ2n) is 5.52. The van der Waals surface area contributed by atoms with Gasteiger partial charge in [0.1, 0.15) is 5.82 Å². The van der Waals surface area contributed by atoms with Crippen LogP contribution in [0.1, 0.15) is 43.7 Å². The molecule has 2 rings (SSSR count). The first kappa shape index (κ1) is 13.5. The van der Waals surface area contributed by atoms with Crippen molar-refractivity contribution in [2.24, 2.45) is 5.92 Å². The van der Waals surface area contributed by atoms with Gasteiger partial charge in [0.05, 0.1) is 0 Å². The Morgan fingerprint density at radius 2 is 2.17 bits per heavy atom. The van der Waals surface area contributed by atoms with Crippen LogP contribution in [0.25, 0.3) is 0 Å². The molecule has 1 saturated carbocycles. The zero-order valence-corrected chi connectivity index (χ0v) is 11.5. The molecule has 0 radical (unpaired) electrons. The van der Waals surface area contributed by atoms with E-state index in [0.717, 1.165) is 24.4 Å². The lowest BCUT2D eigenvalue weighted by atomic mass is 10.0. The molecule has 0 heterocycles. The van der Waals surface area contributed by atoms with Crippen molar-refractivity contribution < 1.29 is 4.39 Å². The summed E-state index contributed by atoms with van der Waals surface area (Å²) in [6, 6.07) is 6.16. The Labute approximate surface area is 110 Å². The Bertz CT molecular complexity index is 385. The van der Waals surface area contributed by atoms with Gasteiger partial charge in [0.15, 0.2) is 0 Å². The molecule has 1 aromatic carbocycles. The van der Waals surface area contributed by atoms with Gasteiger partial charge < -0.3 is 5.32 Å². The monoisotopic (exact) mass is 249 g/mol. The van der Waals surface area contributed by atoms with Gasteiger partial charge >= 0.3 is 0 Å². The Kier molecular flexibility index (Phi) is 4.76. The fraction of sp³-hybridized carbons (Fsp3) is 0.625. The lowest BCUT2D eigenvalue weighted by Gasteiger charge is -2.18. The topological polar surface area (TPSA) is 12.0 Å². The highest BCUT2D eigenvalue weighted by Gasteiger charge is 2.30. The van der Waals surface area contributed by atoms with Gasteiger partial charge in [-0.05, 0) is 68.7 Å². The van der Waals surface area contributed by atoms with E-state index >= 15 is 0 Å². The number of benzene rings is 1. The van der Waals surface area contributed by atoms with E-state index in [1.807, 2.05) is 19.1 Å². The fourth-order valence-electron chi connectivity index (χ4n) is 2.52. The molecule has 0 spiro atoms. The Balaban J connectivity index is 1.86. The average Bonchev–Trinajstić information content (AvgIpc) is 3.18. The fourth-order valence-corrected chi connectivity index (χ4v) is 2.52. The van der Waals surface area contributed by atoms with Gasteiger partial charge in [-0.3, -0.25) is 0 Å². The molecule has 18 heavy (non-hydrogen) atoms. The molecule has 0 aromatic heterocycles. The van der Waals surface area contributed by atoms with Crippen LogP contribution in [-0.4, -0.2) is 12.6 Å². The molecule has 2 heteroatoms. The van der Waals surface area contributed by atoms with Gasteiger partial charge in [0, 0.05) is 6.04 Å². The molecule has 1 atom stereocenters. The molecule has 1 nitrogen and oxygen atoms in total. The van der Waals surface area contributed by atoms with Crippen molar-refractivity contribution in [3.8, 4) is 0 Å². The summed E-state index contributed by atoms with van der Waals surface area (Å²) >= 11 is 0. The molecule has 1 aliphatic rings. The van der Waals surface area contributed by atoms with Crippen molar-refractivity contribution in [1.29, 1.82) is 0 Å². The van der Waals surface area contributed by atoms with E-state index in [1.54, 1.807) is 6.07 Å². The smallest absolute Gasteiger partial charge is 0.126 e. The van der Waals surface area contributed by atoms with Crippen LogP contribution in [0.3, 0.4) is 0 Å². The number of halogens is 1. The maximum absolute atomic E-state index is 13.2. The minimum Gasteiger partial charge on any atom is -0.314 e. The van der Waals surface area contributed by atoms with Crippen LogP contribution in [0.5, 0.6) is 0 Å². The molecule has 100 valence electrons. The molecule has 1 fully saturated rings. The lowest BCUT2D eigenvalue weighted by molar-refractivity contribution is 0.435. The molecule has 1 unspecified atom stereocenters. The average molecular weight is 249 g/mol. The van der Waals surface area contributed by atoms with Crippen LogP contribution in [-0.2, 0) is 6.42 Å². The number of hydrogen-bond acceptors (Lipinski definition) is 1. The first-order valence-electron chi connectivity index (χ1n) is 7.19. The molecule has 0 amide bonds. The van der Waals surface area contributed by atoms with Crippen LogP contribution < -0.4 is 5.32 Å². The highest BCUT2D eigenvalue weighted by atomic mass is 19.1. The zero-order chi connectivity index (χ0) is 13.0. The molecular weight excluding hydrogens is 225 g/mol. The van der Waals surface area contributed by atoms with E-state index in [4.69, 9.17) is 0 Å². The maximum atomic E-state index is 13.2. The van der Waals surface area contributed by atoms with Crippen molar-refractivity contribution in [2.45, 2.75) is 52.0 Å². The van der Waals surface area contributed by atoms with Crippen molar-refractivity contribution in [3.63, 3.8) is 0 Å². The number of nitrogens with one attached hydrogen (secondary N) is 1. The highest BCUT2D eigenvalue weighted by molar-refractivity contribution is 5.24. The van der Waals surface area contributed by atoms with E-state index in [9.17, 15) is 4.39 Å². The van der Waals surface area contributed by atoms with Crippen molar-refractivity contribution in [3.05, 3.63) is 35.1 Å². The highest BCUT2D eigenvalue weighted by Crippen LogP contribution is 2.34. The van der Waals surface area contributed by atoms with E-state index in [-0.39, 0.29) is 5.82 Å². The van der Waals surface area contributed by atoms with Gasteiger partial charge in [-0.1, -0.05) is 19.1 Å². The third kappa shape index (κ3) is 3.81. The molecule has 0 saturated heterocycles. The minimum absolute atomic E-state index is 0.0957. The summed E-state index contributed by atoms with van der Waals surface area (Å²) < 4.78 is 13.2. The minimum atomic E-state index is -0.0957. The van der Waals surface area contributed by atoms with Crippen LogP contribution in [0, 0.1) is 18.7 Å². The molecule has 0 bridgehead atoms. The lowest BCUT2D eigenvalue weighted by Crippen LogP contribution is -2.32. The van der Waals surface area contributed by atoms with E-state index in [2.05, 4.69) is 12.2 Å². The summed E-state index contributed by atoms with van der Waals surface area (Å²) in [5.41, 5.74) is 2.02. The molecule has 1 aromatic rings. The van der Waals surface area contributed by atoms with Gasteiger partial charge in [-0.2, -0.15) is 0 Å². The summed E-state index contributed by atoms with van der Waals surface area (Å²) in [5.74, 6) is 0.791. The van der Waals surface area contributed by atoms with Gasteiger partial charge in [0.25, 0.3) is 0 Å². The van der Waals surface area contributed by atoms with Gasteiger partial charge in [-0.25, -0.2) is 4.39 Å². The normalized spacial score (nSPS) is 16.8. The van der Waals surface area contributed by atoms with Gasteiger partial charge in [-0.15, -0.1) is 0 Å². The van der Waals surface area contributed by atoms with E-state index in [0.29, 0.717) is 6.04 Å². The summed E-state index contributed by atoms with van der Waals surface area (Å²) in [6.45, 7) is 5.16. The Hall–Kier alpha value is -0.890. The molecule has 0 aliphatic heterocycles. The second kappa shape index (κ2) is 6.33. The molecule has 1 aliphatic carbocycles. The van der Waals surface area contributed by atoms with Crippen molar-refractivity contribution >= 4 is 0 Å². The van der Waals surface area contributed by atoms with E-state index < -0.39 is 0 Å².